The lowest BCUT2D eigenvalue weighted by Gasteiger charge is -2.34. The van der Waals surface area contributed by atoms with Crippen molar-refractivity contribution in [3.05, 3.63) is 71.2 Å². The van der Waals surface area contributed by atoms with E-state index in [9.17, 15) is 13.2 Å². The van der Waals surface area contributed by atoms with Gasteiger partial charge >= 0.3 is 0 Å². The summed E-state index contributed by atoms with van der Waals surface area (Å²) in [5.74, 6) is 0.349. The highest BCUT2D eigenvalue weighted by atomic mass is 32.2. The molecule has 2 aromatic carbocycles. The molecular formula is C30H41N7O4S. The van der Waals surface area contributed by atoms with E-state index in [0.717, 1.165) is 35.2 Å². The number of ether oxygens (including phenoxy) is 1. The molecule has 0 aliphatic carbocycles. The fraction of sp³-hybridized carbons (Fsp3) is 0.400. The molecule has 0 saturated carbocycles. The number of likely N-dealkylation sites (tertiary alicyclic amines) is 1. The van der Waals surface area contributed by atoms with Crippen molar-refractivity contribution in [2.75, 3.05) is 28.4 Å². The summed E-state index contributed by atoms with van der Waals surface area (Å²) in [5, 5.41) is 13.1. The summed E-state index contributed by atoms with van der Waals surface area (Å²) in [6.45, 7) is 16.4. The number of hydrogen-bond acceptors (Lipinski definition) is 8. The van der Waals surface area contributed by atoms with Gasteiger partial charge in [0.05, 0.1) is 48.0 Å². The molecule has 0 radical (unpaired) electrons. The van der Waals surface area contributed by atoms with Gasteiger partial charge in [-0.15, -0.1) is 5.53 Å². The summed E-state index contributed by atoms with van der Waals surface area (Å²) in [7, 11) is -2.18. The Kier molecular flexibility index (Phi) is 8.09. The lowest BCUT2D eigenvalue weighted by Crippen LogP contribution is -2.42. The fourth-order valence-electron chi connectivity index (χ4n) is 5.11. The normalized spacial score (nSPS) is 16.7. The number of sulfonamides is 1. The van der Waals surface area contributed by atoms with Gasteiger partial charge in [-0.1, -0.05) is 33.4 Å². The number of nitrogens with one attached hydrogen (secondary N) is 5. The van der Waals surface area contributed by atoms with Crippen LogP contribution in [0.2, 0.25) is 0 Å². The van der Waals surface area contributed by atoms with E-state index in [4.69, 9.17) is 10.1 Å². The molecule has 226 valence electrons. The maximum atomic E-state index is 13.6. The molecule has 2 aromatic rings. The topological polar surface area (TPSA) is 139 Å². The Balaban J connectivity index is 1.64. The van der Waals surface area contributed by atoms with Crippen LogP contribution in [0.1, 0.15) is 68.9 Å². The summed E-state index contributed by atoms with van der Waals surface area (Å²) in [5.41, 5.74) is 10.6. The molecule has 2 aliphatic heterocycles. The third-order valence-electron chi connectivity index (χ3n) is 7.43. The second-order valence-electron chi connectivity index (χ2n) is 12.4. The minimum atomic E-state index is -3.60. The first-order chi connectivity index (χ1) is 19.4. The maximum absolute atomic E-state index is 13.6. The van der Waals surface area contributed by atoms with Gasteiger partial charge in [-0.2, -0.15) is 0 Å². The van der Waals surface area contributed by atoms with Gasteiger partial charge < -0.3 is 15.0 Å². The van der Waals surface area contributed by atoms with E-state index in [2.05, 4.69) is 41.4 Å². The zero-order valence-corrected chi connectivity index (χ0v) is 26.3. The van der Waals surface area contributed by atoms with Crippen molar-refractivity contribution < 1.29 is 17.9 Å². The molecule has 4 rings (SSSR count). The van der Waals surface area contributed by atoms with E-state index in [1.54, 1.807) is 29.3 Å². The van der Waals surface area contributed by atoms with E-state index in [0.29, 0.717) is 29.2 Å². The Morgan fingerprint density at radius 1 is 1.17 bits per heavy atom. The Hall–Kier alpha value is -4.03. The van der Waals surface area contributed by atoms with E-state index < -0.39 is 10.0 Å². The maximum Gasteiger partial charge on any atom is 0.255 e. The van der Waals surface area contributed by atoms with E-state index in [1.807, 2.05) is 44.9 Å². The average molecular weight is 596 g/mol. The van der Waals surface area contributed by atoms with Crippen LogP contribution in [0.5, 0.6) is 5.75 Å². The van der Waals surface area contributed by atoms with Crippen molar-refractivity contribution >= 4 is 38.8 Å². The zero-order valence-electron chi connectivity index (χ0n) is 25.5. The van der Waals surface area contributed by atoms with Crippen LogP contribution >= 0.6 is 0 Å². The van der Waals surface area contributed by atoms with Gasteiger partial charge in [0.1, 0.15) is 5.84 Å². The number of nitrogens with zero attached hydrogens (tertiary/aromatic N) is 2. The van der Waals surface area contributed by atoms with Gasteiger partial charge in [0.15, 0.2) is 5.75 Å². The van der Waals surface area contributed by atoms with Crippen LogP contribution < -0.4 is 30.7 Å². The number of amides is 1. The van der Waals surface area contributed by atoms with Gasteiger partial charge in [-0.3, -0.25) is 25.4 Å². The SMILES string of the molecule is C=C(C1=CN(c2cc(C(=O)Nc3cc(C(C)(C)C)cc(NS(C)(=O)=O)c3OC)ccc2C)NN1)N1C(=N)CCC1(C)C. The Morgan fingerprint density at radius 3 is 2.40 bits per heavy atom. The first-order valence-electron chi connectivity index (χ1n) is 13.6. The number of carbonyl (C=O) groups excluding carboxylic acids is 1. The highest BCUT2D eigenvalue weighted by molar-refractivity contribution is 7.92. The monoisotopic (exact) mass is 595 g/mol. The molecule has 2 aliphatic rings. The number of benzene rings is 2. The predicted octanol–water partition coefficient (Wildman–Crippen LogP) is 4.96. The summed E-state index contributed by atoms with van der Waals surface area (Å²) in [6, 6.07) is 8.85. The van der Waals surface area contributed by atoms with E-state index >= 15 is 0 Å². The van der Waals surface area contributed by atoms with Crippen molar-refractivity contribution in [3.63, 3.8) is 0 Å². The van der Waals surface area contributed by atoms with Gasteiger partial charge in [0.2, 0.25) is 10.0 Å². The molecule has 0 unspecified atom stereocenters. The Morgan fingerprint density at radius 2 is 1.83 bits per heavy atom. The summed E-state index contributed by atoms with van der Waals surface area (Å²) in [4.78, 5) is 15.5. The number of hydrogen-bond donors (Lipinski definition) is 5. The standard InChI is InChI=1S/C30H41N7O4S/c1-18-10-11-20(14-25(18)36-17-24(33-35-36)19(2)37-26(31)12-13-30(37,6)7)28(38)32-22-15-21(29(3,4)5)16-23(27(22)41-8)34-42(9,39)40/h10-11,14-17,31,33-35H,2,12-13H2,1,3-9H3,(H,32,38). The second-order valence-corrected chi connectivity index (χ2v) is 14.1. The van der Waals surface area contributed by atoms with Crippen molar-refractivity contribution in [2.45, 2.75) is 65.3 Å². The molecule has 1 saturated heterocycles. The molecule has 0 aromatic heterocycles. The minimum Gasteiger partial charge on any atom is -0.492 e. The number of anilines is 3. The molecule has 1 fully saturated rings. The van der Waals surface area contributed by atoms with Crippen molar-refractivity contribution in [3.8, 4) is 5.75 Å². The van der Waals surface area contributed by atoms with Crippen LogP contribution in [0.3, 0.4) is 0 Å². The molecule has 12 heteroatoms. The minimum absolute atomic E-state index is 0.208. The van der Waals surface area contributed by atoms with Crippen molar-refractivity contribution in [1.29, 1.82) is 5.41 Å². The van der Waals surface area contributed by atoms with Gasteiger partial charge in [-0.05, 0) is 68.0 Å². The van der Waals surface area contributed by atoms with Crippen LogP contribution in [0.15, 0.2) is 54.5 Å². The Bertz CT molecular complexity index is 1590. The van der Waals surface area contributed by atoms with Crippen LogP contribution in [0.4, 0.5) is 17.1 Å². The largest absolute Gasteiger partial charge is 0.492 e. The molecule has 11 nitrogen and oxygen atoms in total. The fourth-order valence-corrected chi connectivity index (χ4v) is 5.66. The van der Waals surface area contributed by atoms with Crippen LogP contribution in [0.25, 0.3) is 0 Å². The van der Waals surface area contributed by atoms with Crippen LogP contribution in [-0.4, -0.2) is 44.0 Å². The zero-order chi connectivity index (χ0) is 31.2. The van der Waals surface area contributed by atoms with E-state index in [1.165, 1.54) is 7.11 Å². The smallest absolute Gasteiger partial charge is 0.255 e. The molecule has 0 spiro atoms. The summed E-state index contributed by atoms with van der Waals surface area (Å²) >= 11 is 0. The number of methoxy groups -OCH3 is 1. The van der Waals surface area contributed by atoms with E-state index in [-0.39, 0.29) is 28.3 Å². The van der Waals surface area contributed by atoms with Gasteiger partial charge in [0.25, 0.3) is 5.91 Å². The van der Waals surface area contributed by atoms with Gasteiger partial charge in [-0.25, -0.2) is 8.42 Å². The molecule has 0 bridgehead atoms. The third kappa shape index (κ3) is 6.39. The third-order valence-corrected chi connectivity index (χ3v) is 8.02. The number of rotatable bonds is 8. The average Bonchev–Trinajstić information content (AvgIpc) is 3.46. The summed E-state index contributed by atoms with van der Waals surface area (Å²) in [6.07, 6.45) is 4.49. The number of carbonyl (C=O) groups is 1. The van der Waals surface area contributed by atoms with Crippen LogP contribution in [0, 0.1) is 12.3 Å². The lowest BCUT2D eigenvalue weighted by atomic mass is 9.86. The molecule has 5 N–H and O–H groups in total. The Labute approximate surface area is 248 Å². The molecule has 2 heterocycles. The van der Waals surface area contributed by atoms with Crippen LogP contribution in [-0.2, 0) is 15.4 Å². The first kappa shape index (κ1) is 30.9. The second kappa shape index (κ2) is 11.0. The first-order valence-corrected chi connectivity index (χ1v) is 15.5. The number of amidine groups is 1. The number of aryl methyl sites for hydroxylation is 1. The lowest BCUT2D eigenvalue weighted by molar-refractivity contribution is 0.102. The summed E-state index contributed by atoms with van der Waals surface area (Å²) < 4.78 is 32.2. The van der Waals surface area contributed by atoms with Crippen molar-refractivity contribution in [1.82, 2.24) is 15.9 Å². The molecule has 0 atom stereocenters. The molecule has 1 amide bonds. The highest BCUT2D eigenvalue weighted by Gasteiger charge is 2.38. The number of hydrazine groups is 2. The van der Waals surface area contributed by atoms with Gasteiger partial charge in [0, 0.05) is 17.5 Å². The quantitative estimate of drug-likeness (QED) is 0.289. The predicted molar refractivity (Wildman–Crippen MR) is 168 cm³/mol. The molecular weight excluding hydrogens is 554 g/mol. The molecule has 42 heavy (non-hydrogen) atoms. The van der Waals surface area contributed by atoms with Crippen molar-refractivity contribution in [2.24, 2.45) is 0 Å². The highest BCUT2D eigenvalue weighted by Crippen LogP contribution is 2.40.